The van der Waals surface area contributed by atoms with E-state index in [4.69, 9.17) is 15.0 Å². The zero-order chi connectivity index (χ0) is 66.7. The van der Waals surface area contributed by atoms with Crippen molar-refractivity contribution < 1.29 is 0 Å². The van der Waals surface area contributed by atoms with Crippen LogP contribution in [0.4, 0.5) is 0 Å². The van der Waals surface area contributed by atoms with E-state index < -0.39 is 0 Å². The van der Waals surface area contributed by atoms with Gasteiger partial charge in [-0.15, -0.1) is 0 Å². The fraction of sp³-hybridized carbons (Fsp3) is 0. The first-order valence-electron chi connectivity index (χ1n) is 34.4. The van der Waals surface area contributed by atoms with Gasteiger partial charge in [0.2, 0.25) is 0 Å². The molecule has 0 atom stereocenters. The van der Waals surface area contributed by atoms with Gasteiger partial charge in [-0.25, -0.2) is 15.0 Å². The zero-order valence-corrected chi connectivity index (χ0v) is 55.0. The summed E-state index contributed by atoms with van der Waals surface area (Å²) < 4.78 is 7.07. The van der Waals surface area contributed by atoms with Crippen LogP contribution in [0.5, 0.6) is 0 Å². The lowest BCUT2D eigenvalue weighted by Gasteiger charge is -2.18. The molecule has 472 valence electrons. The number of fused-ring (bicyclic) bond motifs is 10. The van der Waals surface area contributed by atoms with Crippen molar-refractivity contribution in [2.24, 2.45) is 0 Å². The number of hydrogen-bond donors (Lipinski definition) is 0. The van der Waals surface area contributed by atoms with E-state index in [0.717, 1.165) is 89.6 Å². The molecule has 20 rings (SSSR count). The van der Waals surface area contributed by atoms with Crippen molar-refractivity contribution in [1.29, 1.82) is 0 Å². The van der Waals surface area contributed by atoms with E-state index in [-0.39, 0.29) is 0 Å². The van der Waals surface area contributed by atoms with Gasteiger partial charge in [0.1, 0.15) is 5.82 Å². The SMILES string of the molecule is c1ccc(-c2ccc(-c3cc(-c4cc(-n5c6ccccc6c6ccccc65)cc(-n5c6ccccc6c6ccccc65)c4)nc(-c4ccccc4)n3)cc2)cc1.c1ccc(-c2nc3ccccc3n2-c2ccc(-c3c4ccccc4c(-c4ccc5ccccc5c4)c4ccccc34)cc2)cc1. The molecule has 6 heteroatoms. The third-order valence-electron chi connectivity index (χ3n) is 19.9. The molecule has 0 saturated carbocycles. The maximum absolute atomic E-state index is 5.33. The van der Waals surface area contributed by atoms with E-state index in [0.29, 0.717) is 5.82 Å². The minimum absolute atomic E-state index is 0.686. The molecule has 0 fully saturated rings. The molecule has 0 saturated heterocycles. The summed E-state index contributed by atoms with van der Waals surface area (Å²) in [5.41, 5.74) is 23.1. The van der Waals surface area contributed by atoms with Gasteiger partial charge >= 0.3 is 0 Å². The summed E-state index contributed by atoms with van der Waals surface area (Å²) in [7, 11) is 0. The molecular formula is C95H62N6. The molecule has 4 heterocycles. The van der Waals surface area contributed by atoms with Crippen LogP contribution in [0.3, 0.4) is 0 Å². The lowest BCUT2D eigenvalue weighted by atomic mass is 9.85. The third-order valence-corrected chi connectivity index (χ3v) is 19.9. The molecule has 0 aliphatic rings. The second kappa shape index (κ2) is 24.8. The highest BCUT2D eigenvalue weighted by Crippen LogP contribution is 2.46. The molecule has 0 unspecified atom stereocenters. The summed E-state index contributed by atoms with van der Waals surface area (Å²) in [5.74, 6) is 1.63. The number of imidazole rings is 1. The average Bonchev–Trinajstić information content (AvgIpc) is 1.28. The summed E-state index contributed by atoms with van der Waals surface area (Å²) in [6, 6.07) is 134. The highest BCUT2D eigenvalue weighted by Gasteiger charge is 2.22. The van der Waals surface area contributed by atoms with Crippen LogP contribution < -0.4 is 0 Å². The van der Waals surface area contributed by atoms with Gasteiger partial charge in [-0.05, 0) is 145 Å². The van der Waals surface area contributed by atoms with Crippen LogP contribution in [0.2, 0.25) is 0 Å². The number of benzene rings is 16. The Morgan fingerprint density at radius 3 is 1.09 bits per heavy atom. The molecule has 4 aromatic heterocycles. The largest absolute Gasteiger partial charge is 0.309 e. The molecule has 101 heavy (non-hydrogen) atoms. The average molecular weight is 1290 g/mol. The van der Waals surface area contributed by atoms with E-state index in [2.05, 4.69) is 359 Å². The van der Waals surface area contributed by atoms with Crippen LogP contribution in [0.25, 0.3) is 183 Å². The van der Waals surface area contributed by atoms with Gasteiger partial charge in [0.15, 0.2) is 5.82 Å². The molecule has 0 radical (unpaired) electrons. The zero-order valence-electron chi connectivity index (χ0n) is 55.0. The number of aromatic nitrogens is 6. The number of hydrogen-bond acceptors (Lipinski definition) is 3. The Hall–Kier alpha value is -13.6. The Morgan fingerprint density at radius 1 is 0.188 bits per heavy atom. The molecule has 0 amide bonds. The van der Waals surface area contributed by atoms with Crippen molar-refractivity contribution in [3.63, 3.8) is 0 Å². The van der Waals surface area contributed by atoms with Crippen molar-refractivity contribution in [2.45, 2.75) is 0 Å². The summed E-state index contributed by atoms with van der Waals surface area (Å²) in [6.07, 6.45) is 0. The number of nitrogens with zero attached hydrogens (tertiary/aromatic N) is 6. The summed E-state index contributed by atoms with van der Waals surface area (Å²) >= 11 is 0. The monoisotopic (exact) mass is 1290 g/mol. The van der Waals surface area contributed by atoms with E-state index in [9.17, 15) is 0 Å². The second-order valence-electron chi connectivity index (χ2n) is 25.8. The van der Waals surface area contributed by atoms with Gasteiger partial charge < -0.3 is 9.13 Å². The second-order valence-corrected chi connectivity index (χ2v) is 25.8. The molecule has 0 spiro atoms. The molecule has 16 aromatic carbocycles. The molecule has 0 N–H and O–H groups in total. The highest BCUT2D eigenvalue weighted by molar-refractivity contribution is 6.22. The van der Waals surface area contributed by atoms with Crippen molar-refractivity contribution in [2.75, 3.05) is 0 Å². The Balaban J connectivity index is 0.000000144. The van der Waals surface area contributed by atoms with Crippen molar-refractivity contribution in [3.05, 3.63) is 376 Å². The van der Waals surface area contributed by atoms with Gasteiger partial charge in [0, 0.05) is 60.9 Å². The van der Waals surface area contributed by atoms with Crippen LogP contribution in [0.1, 0.15) is 0 Å². The molecule has 0 aliphatic carbocycles. The molecule has 0 bridgehead atoms. The van der Waals surface area contributed by atoms with E-state index >= 15 is 0 Å². The lowest BCUT2D eigenvalue weighted by Crippen LogP contribution is -2.01. The van der Waals surface area contributed by atoms with Gasteiger partial charge in [0.05, 0.1) is 44.5 Å². The van der Waals surface area contributed by atoms with E-state index in [1.54, 1.807) is 0 Å². The van der Waals surface area contributed by atoms with Crippen LogP contribution in [-0.4, -0.2) is 28.7 Å². The van der Waals surface area contributed by atoms with Crippen LogP contribution >= 0.6 is 0 Å². The Morgan fingerprint density at radius 2 is 0.564 bits per heavy atom. The van der Waals surface area contributed by atoms with Gasteiger partial charge in [-0.2, -0.15) is 0 Å². The quantitative estimate of drug-likeness (QED) is 0.128. The molecule has 6 nitrogen and oxygen atoms in total. The predicted octanol–water partition coefficient (Wildman–Crippen LogP) is 24.8. The Labute approximate surface area is 583 Å². The number of para-hydroxylation sites is 6. The molecular weight excluding hydrogens is 1230 g/mol. The van der Waals surface area contributed by atoms with Gasteiger partial charge in [-0.3, -0.25) is 4.57 Å². The highest BCUT2D eigenvalue weighted by atomic mass is 15.1. The first kappa shape index (κ1) is 58.8. The first-order chi connectivity index (χ1) is 50.1. The minimum Gasteiger partial charge on any atom is -0.309 e. The normalized spacial score (nSPS) is 11.6. The molecule has 20 aromatic rings. The lowest BCUT2D eigenvalue weighted by molar-refractivity contribution is 1.10. The summed E-state index contributed by atoms with van der Waals surface area (Å²) in [4.78, 5) is 15.6. The minimum atomic E-state index is 0.686. The van der Waals surface area contributed by atoms with Crippen LogP contribution in [0.15, 0.2) is 376 Å². The number of rotatable bonds is 10. The third kappa shape index (κ3) is 10.4. The fourth-order valence-electron chi connectivity index (χ4n) is 15.3. The van der Waals surface area contributed by atoms with Gasteiger partial charge in [-0.1, -0.05) is 297 Å². The van der Waals surface area contributed by atoms with Gasteiger partial charge in [0.25, 0.3) is 0 Å². The maximum Gasteiger partial charge on any atom is 0.160 e. The Bertz CT molecular complexity index is 6250. The predicted molar refractivity (Wildman–Crippen MR) is 422 cm³/mol. The fourth-order valence-corrected chi connectivity index (χ4v) is 15.3. The van der Waals surface area contributed by atoms with Crippen molar-refractivity contribution >= 4 is 87.0 Å². The maximum atomic E-state index is 5.33. The van der Waals surface area contributed by atoms with Crippen LogP contribution in [0, 0.1) is 0 Å². The van der Waals surface area contributed by atoms with Crippen molar-refractivity contribution in [1.82, 2.24) is 28.7 Å². The topological polar surface area (TPSA) is 53.5 Å². The van der Waals surface area contributed by atoms with E-state index in [1.165, 1.54) is 87.2 Å². The summed E-state index contributed by atoms with van der Waals surface area (Å²) in [6.45, 7) is 0. The van der Waals surface area contributed by atoms with Crippen molar-refractivity contribution in [3.8, 4) is 95.7 Å². The molecule has 0 aliphatic heterocycles. The standard InChI is InChI=1S/C52H34N4.C43H28N2/c1-3-15-35(16-4-1)36-27-29-37(30-28-36)46-34-47(54-52(53-46)38-17-5-2-6-18-38)39-31-40(55-48-23-11-7-19-42(48)43-20-8-12-24-49(43)55)33-41(32-39)56-50-25-13-9-21-44(50)45-22-10-14-26-51(45)56;1-2-13-31(14-3-1)43-44-39-20-10-11-21-40(39)45(43)34-26-24-30(25-27-34)41-35-16-6-8-18-37(35)42(38-19-9-7-17-36(38)41)33-23-22-29-12-4-5-15-32(29)28-33/h1-34H;1-28H. The van der Waals surface area contributed by atoms with Crippen LogP contribution in [-0.2, 0) is 0 Å². The van der Waals surface area contributed by atoms with E-state index in [1.807, 2.05) is 30.3 Å². The first-order valence-corrected chi connectivity index (χ1v) is 34.4. The smallest absolute Gasteiger partial charge is 0.160 e. The summed E-state index contributed by atoms with van der Waals surface area (Å²) in [5, 5.41) is 12.4. The Kier molecular flexibility index (Phi) is 14.4.